The summed E-state index contributed by atoms with van der Waals surface area (Å²) in [7, 11) is -3.56. The number of sulfonamides is 1. The third kappa shape index (κ3) is 2.44. The van der Waals surface area contributed by atoms with E-state index < -0.39 is 10.0 Å². The second kappa shape index (κ2) is 5.03. The van der Waals surface area contributed by atoms with Gasteiger partial charge in [-0.1, -0.05) is 18.0 Å². The first kappa shape index (κ1) is 13.9. The van der Waals surface area contributed by atoms with Crippen LogP contribution >= 0.6 is 11.6 Å². The van der Waals surface area contributed by atoms with Crippen LogP contribution in [0.2, 0.25) is 5.02 Å². The molecule has 1 N–H and O–H groups in total. The quantitative estimate of drug-likeness (QED) is 0.933. The molecule has 0 saturated heterocycles. The standard InChI is InChI=1S/C14H15ClN2O2S/c15-13-7-12(4-3-11(13)8-16)20(18,19)17-14-6-9-1-2-10(14)5-9/h3-4,7,9-10,14,17H,1-2,5-6H2. The Kier molecular flexibility index (Phi) is 3.49. The Hall–Kier alpha value is -1.09. The van der Waals surface area contributed by atoms with E-state index in [1.165, 1.54) is 24.6 Å². The molecule has 0 aliphatic heterocycles. The highest BCUT2D eigenvalue weighted by molar-refractivity contribution is 7.89. The largest absolute Gasteiger partial charge is 0.240 e. The fourth-order valence-electron chi connectivity index (χ4n) is 3.41. The normalized spacial score (nSPS) is 28.5. The van der Waals surface area contributed by atoms with Gasteiger partial charge in [-0.2, -0.15) is 5.26 Å². The molecule has 2 aliphatic rings. The molecule has 0 spiro atoms. The molecule has 4 nitrogen and oxygen atoms in total. The minimum absolute atomic E-state index is 0.0492. The van der Waals surface area contributed by atoms with E-state index in [-0.39, 0.29) is 21.5 Å². The van der Waals surface area contributed by atoms with Gasteiger partial charge in [0.25, 0.3) is 0 Å². The van der Waals surface area contributed by atoms with Gasteiger partial charge in [0.05, 0.1) is 15.5 Å². The molecule has 1 aromatic rings. The van der Waals surface area contributed by atoms with Crippen molar-refractivity contribution >= 4 is 21.6 Å². The van der Waals surface area contributed by atoms with Crippen molar-refractivity contribution in [3.8, 4) is 6.07 Å². The molecular formula is C14H15ClN2O2S. The maximum Gasteiger partial charge on any atom is 0.240 e. The summed E-state index contributed by atoms with van der Waals surface area (Å²) in [6, 6.07) is 6.19. The number of hydrogen-bond donors (Lipinski definition) is 1. The Morgan fingerprint density at radius 1 is 1.30 bits per heavy atom. The third-order valence-electron chi connectivity index (χ3n) is 4.42. The monoisotopic (exact) mass is 310 g/mol. The molecule has 2 fully saturated rings. The summed E-state index contributed by atoms with van der Waals surface area (Å²) < 4.78 is 27.5. The topological polar surface area (TPSA) is 70.0 Å². The van der Waals surface area contributed by atoms with Crippen LogP contribution in [0, 0.1) is 23.2 Å². The van der Waals surface area contributed by atoms with Crippen LogP contribution in [0.4, 0.5) is 0 Å². The van der Waals surface area contributed by atoms with Gasteiger partial charge < -0.3 is 0 Å². The molecule has 6 heteroatoms. The predicted molar refractivity (Wildman–Crippen MR) is 75.7 cm³/mol. The van der Waals surface area contributed by atoms with Crippen LogP contribution in [0.1, 0.15) is 31.2 Å². The highest BCUT2D eigenvalue weighted by atomic mass is 35.5. The number of rotatable bonds is 3. The molecule has 3 atom stereocenters. The van der Waals surface area contributed by atoms with E-state index in [1.54, 1.807) is 0 Å². The van der Waals surface area contributed by atoms with E-state index in [4.69, 9.17) is 16.9 Å². The summed E-state index contributed by atoms with van der Waals surface area (Å²) in [4.78, 5) is 0.129. The van der Waals surface area contributed by atoms with E-state index in [2.05, 4.69) is 4.72 Å². The van der Waals surface area contributed by atoms with Crippen molar-refractivity contribution in [3.63, 3.8) is 0 Å². The summed E-state index contributed by atoms with van der Waals surface area (Å²) in [6.07, 6.45) is 4.42. The van der Waals surface area contributed by atoms with Crippen molar-refractivity contribution in [3.05, 3.63) is 28.8 Å². The molecule has 2 saturated carbocycles. The van der Waals surface area contributed by atoms with Gasteiger partial charge in [0, 0.05) is 6.04 Å². The lowest BCUT2D eigenvalue weighted by molar-refractivity contribution is 0.390. The lowest BCUT2D eigenvalue weighted by Gasteiger charge is -2.22. The lowest BCUT2D eigenvalue weighted by Crippen LogP contribution is -2.38. The molecule has 0 aromatic heterocycles. The van der Waals surface area contributed by atoms with Crippen molar-refractivity contribution in [2.45, 2.75) is 36.6 Å². The number of nitrogens with zero attached hydrogens (tertiary/aromatic N) is 1. The molecule has 2 bridgehead atoms. The smallest absolute Gasteiger partial charge is 0.208 e. The summed E-state index contributed by atoms with van der Waals surface area (Å²) >= 11 is 5.90. The van der Waals surface area contributed by atoms with Crippen LogP contribution in [0.25, 0.3) is 0 Å². The molecule has 2 aliphatic carbocycles. The van der Waals surface area contributed by atoms with E-state index in [0.29, 0.717) is 11.8 Å². The maximum absolute atomic E-state index is 12.4. The average molecular weight is 311 g/mol. The summed E-state index contributed by atoms with van der Waals surface area (Å²) in [5.41, 5.74) is 0.283. The van der Waals surface area contributed by atoms with E-state index in [0.717, 1.165) is 19.3 Å². The van der Waals surface area contributed by atoms with E-state index >= 15 is 0 Å². The number of fused-ring (bicyclic) bond motifs is 2. The van der Waals surface area contributed by atoms with Gasteiger partial charge in [0.2, 0.25) is 10.0 Å². The zero-order valence-electron chi connectivity index (χ0n) is 10.8. The summed E-state index contributed by atoms with van der Waals surface area (Å²) in [5, 5.41) is 8.98. The van der Waals surface area contributed by atoms with Crippen LogP contribution in [0.3, 0.4) is 0 Å². The van der Waals surface area contributed by atoms with Crippen molar-refractivity contribution in [1.29, 1.82) is 5.26 Å². The van der Waals surface area contributed by atoms with Crippen molar-refractivity contribution < 1.29 is 8.42 Å². The molecule has 3 rings (SSSR count). The van der Waals surface area contributed by atoms with Gasteiger partial charge in [0.1, 0.15) is 6.07 Å². The zero-order valence-corrected chi connectivity index (χ0v) is 12.4. The Balaban J connectivity index is 1.82. The van der Waals surface area contributed by atoms with E-state index in [1.807, 2.05) is 6.07 Å². The van der Waals surface area contributed by atoms with Crippen molar-refractivity contribution in [2.75, 3.05) is 0 Å². The minimum Gasteiger partial charge on any atom is -0.208 e. The number of nitriles is 1. The fourth-order valence-corrected chi connectivity index (χ4v) is 5.04. The molecule has 0 amide bonds. The molecule has 20 heavy (non-hydrogen) atoms. The Bertz CT molecular complexity index is 681. The summed E-state index contributed by atoms with van der Waals surface area (Å²) in [5.74, 6) is 1.15. The minimum atomic E-state index is -3.56. The van der Waals surface area contributed by atoms with Gasteiger partial charge >= 0.3 is 0 Å². The number of nitrogens with one attached hydrogen (secondary N) is 1. The number of hydrogen-bond acceptors (Lipinski definition) is 3. The van der Waals surface area contributed by atoms with Crippen LogP contribution in [0.15, 0.2) is 23.1 Å². The highest BCUT2D eigenvalue weighted by Gasteiger charge is 2.41. The Labute approximate surface area is 123 Å². The average Bonchev–Trinajstić information content (AvgIpc) is 3.00. The van der Waals surface area contributed by atoms with Crippen LogP contribution in [-0.2, 0) is 10.0 Å². The van der Waals surface area contributed by atoms with Crippen LogP contribution in [0.5, 0.6) is 0 Å². The SMILES string of the molecule is N#Cc1ccc(S(=O)(=O)NC2CC3CCC2C3)cc1Cl. The first-order valence-corrected chi connectivity index (χ1v) is 8.57. The molecule has 1 aromatic carbocycles. The Morgan fingerprint density at radius 3 is 2.65 bits per heavy atom. The fraction of sp³-hybridized carbons (Fsp3) is 0.500. The first-order chi connectivity index (χ1) is 9.49. The van der Waals surface area contributed by atoms with Crippen molar-refractivity contribution in [1.82, 2.24) is 4.72 Å². The number of benzene rings is 1. The maximum atomic E-state index is 12.4. The predicted octanol–water partition coefficient (Wildman–Crippen LogP) is 2.68. The summed E-state index contributed by atoms with van der Waals surface area (Å²) in [6.45, 7) is 0. The molecule has 0 radical (unpaired) electrons. The van der Waals surface area contributed by atoms with Crippen molar-refractivity contribution in [2.24, 2.45) is 11.8 Å². The van der Waals surface area contributed by atoms with Crippen LogP contribution < -0.4 is 4.72 Å². The second-order valence-corrected chi connectivity index (χ2v) is 7.78. The third-order valence-corrected chi connectivity index (χ3v) is 6.22. The molecular weight excluding hydrogens is 296 g/mol. The zero-order chi connectivity index (χ0) is 14.3. The van der Waals surface area contributed by atoms with Gasteiger partial charge in [-0.3, -0.25) is 0 Å². The van der Waals surface area contributed by atoms with Gasteiger partial charge in [-0.25, -0.2) is 13.1 Å². The van der Waals surface area contributed by atoms with Gasteiger partial charge in [0.15, 0.2) is 0 Å². The van der Waals surface area contributed by atoms with E-state index in [9.17, 15) is 8.42 Å². The highest BCUT2D eigenvalue weighted by Crippen LogP contribution is 2.44. The molecule has 3 unspecified atom stereocenters. The van der Waals surface area contributed by atoms with Gasteiger partial charge in [-0.15, -0.1) is 0 Å². The number of halogens is 1. The van der Waals surface area contributed by atoms with Crippen LogP contribution in [-0.4, -0.2) is 14.5 Å². The Morgan fingerprint density at radius 2 is 2.10 bits per heavy atom. The molecule has 0 heterocycles. The molecule has 106 valence electrons. The second-order valence-electron chi connectivity index (χ2n) is 5.66. The first-order valence-electron chi connectivity index (χ1n) is 6.71. The lowest BCUT2D eigenvalue weighted by atomic mass is 9.96. The van der Waals surface area contributed by atoms with Gasteiger partial charge in [-0.05, 0) is 49.3 Å².